The molecule has 2 amide bonds. The summed E-state index contributed by atoms with van der Waals surface area (Å²) in [5.74, 6) is -1.05. The van der Waals surface area contributed by atoms with Gasteiger partial charge in [0.25, 0.3) is 11.8 Å². The third kappa shape index (κ3) is 5.17. The minimum Gasteiger partial charge on any atom is -0.452 e. The maximum Gasteiger partial charge on any atom is 0.338 e. The molecular formula is C20H22N2O4. The Kier molecular flexibility index (Phi) is 6.91. The predicted molar refractivity (Wildman–Crippen MR) is 99.0 cm³/mol. The van der Waals surface area contributed by atoms with E-state index in [-0.39, 0.29) is 12.5 Å². The normalized spacial score (nSPS) is 10.1. The van der Waals surface area contributed by atoms with Crippen molar-refractivity contribution >= 4 is 23.5 Å². The molecular weight excluding hydrogens is 332 g/mol. The Labute approximate surface area is 152 Å². The molecule has 0 aliphatic heterocycles. The maximum atomic E-state index is 12.2. The van der Waals surface area contributed by atoms with Crippen molar-refractivity contribution in [1.82, 2.24) is 4.90 Å². The van der Waals surface area contributed by atoms with Crippen molar-refractivity contribution in [2.75, 3.05) is 25.0 Å². The lowest BCUT2D eigenvalue weighted by Crippen LogP contribution is -2.30. The summed E-state index contributed by atoms with van der Waals surface area (Å²) in [5.41, 5.74) is 1.48. The number of carbonyl (C=O) groups is 3. The lowest BCUT2D eigenvalue weighted by molar-refractivity contribution is -0.119. The van der Waals surface area contributed by atoms with Crippen molar-refractivity contribution in [1.29, 1.82) is 0 Å². The minimum absolute atomic E-state index is 0.0512. The number of ether oxygens (including phenoxy) is 1. The molecule has 0 aliphatic carbocycles. The first-order valence-corrected chi connectivity index (χ1v) is 8.46. The number of esters is 1. The first kappa shape index (κ1) is 19.2. The van der Waals surface area contributed by atoms with Gasteiger partial charge in [-0.2, -0.15) is 0 Å². The summed E-state index contributed by atoms with van der Waals surface area (Å²) in [6.45, 7) is 4.74. The first-order valence-electron chi connectivity index (χ1n) is 8.46. The molecule has 0 radical (unpaired) electrons. The highest BCUT2D eigenvalue weighted by Gasteiger charge is 2.13. The number of hydrogen-bond acceptors (Lipinski definition) is 4. The van der Waals surface area contributed by atoms with Gasteiger partial charge < -0.3 is 15.0 Å². The van der Waals surface area contributed by atoms with Crippen molar-refractivity contribution in [2.24, 2.45) is 0 Å². The molecule has 0 atom stereocenters. The van der Waals surface area contributed by atoms with E-state index in [0.717, 1.165) is 0 Å². The zero-order chi connectivity index (χ0) is 18.9. The summed E-state index contributed by atoms with van der Waals surface area (Å²) >= 11 is 0. The van der Waals surface area contributed by atoms with Crippen molar-refractivity contribution in [3.8, 4) is 0 Å². The van der Waals surface area contributed by atoms with Gasteiger partial charge in [-0.3, -0.25) is 9.59 Å². The molecule has 6 heteroatoms. The Bertz CT molecular complexity index is 753. The highest BCUT2D eigenvalue weighted by molar-refractivity contribution is 5.97. The van der Waals surface area contributed by atoms with E-state index in [0.29, 0.717) is 29.9 Å². The SMILES string of the molecule is CCN(CC)C(=O)c1ccc(NC(=O)COC(=O)c2ccccc2)cc1. The molecule has 0 unspecified atom stereocenters. The van der Waals surface area contributed by atoms with Crippen LogP contribution in [0.25, 0.3) is 0 Å². The molecule has 1 N–H and O–H groups in total. The summed E-state index contributed by atoms with van der Waals surface area (Å²) in [4.78, 5) is 37.7. The van der Waals surface area contributed by atoms with Gasteiger partial charge in [0, 0.05) is 24.3 Å². The Morgan fingerprint density at radius 2 is 1.50 bits per heavy atom. The quantitative estimate of drug-likeness (QED) is 0.776. The second-order valence-corrected chi connectivity index (χ2v) is 5.55. The standard InChI is InChI=1S/C20H22N2O4/c1-3-22(4-2)19(24)15-10-12-17(13-11-15)21-18(23)14-26-20(25)16-8-6-5-7-9-16/h5-13H,3-4,14H2,1-2H3,(H,21,23). The van der Waals surface area contributed by atoms with Gasteiger partial charge in [-0.15, -0.1) is 0 Å². The zero-order valence-corrected chi connectivity index (χ0v) is 14.9. The molecule has 26 heavy (non-hydrogen) atoms. The topological polar surface area (TPSA) is 75.7 Å². The van der Waals surface area contributed by atoms with Crippen LogP contribution in [0.5, 0.6) is 0 Å². The summed E-state index contributed by atoms with van der Waals surface area (Å²) in [6, 6.07) is 15.1. The second-order valence-electron chi connectivity index (χ2n) is 5.55. The third-order valence-electron chi connectivity index (χ3n) is 3.81. The molecule has 2 rings (SSSR count). The van der Waals surface area contributed by atoms with E-state index in [2.05, 4.69) is 5.32 Å². The average molecular weight is 354 g/mol. The van der Waals surface area contributed by atoms with Gasteiger partial charge in [-0.1, -0.05) is 18.2 Å². The molecule has 0 aromatic heterocycles. The fourth-order valence-electron chi connectivity index (χ4n) is 2.38. The van der Waals surface area contributed by atoms with Gasteiger partial charge in [-0.05, 0) is 50.2 Å². The van der Waals surface area contributed by atoms with Gasteiger partial charge >= 0.3 is 5.97 Å². The predicted octanol–water partition coefficient (Wildman–Crippen LogP) is 2.96. The maximum absolute atomic E-state index is 12.2. The fourth-order valence-corrected chi connectivity index (χ4v) is 2.38. The number of nitrogens with zero attached hydrogens (tertiary/aromatic N) is 1. The Balaban J connectivity index is 1.87. The van der Waals surface area contributed by atoms with Crippen LogP contribution in [0.2, 0.25) is 0 Å². The smallest absolute Gasteiger partial charge is 0.338 e. The largest absolute Gasteiger partial charge is 0.452 e. The molecule has 136 valence electrons. The van der Waals surface area contributed by atoms with E-state index in [4.69, 9.17) is 4.74 Å². The first-order chi connectivity index (χ1) is 12.5. The fraction of sp³-hybridized carbons (Fsp3) is 0.250. The molecule has 0 fully saturated rings. The molecule has 0 heterocycles. The number of amides is 2. The summed E-state index contributed by atoms with van der Waals surface area (Å²) in [7, 11) is 0. The third-order valence-corrected chi connectivity index (χ3v) is 3.81. The molecule has 0 saturated heterocycles. The van der Waals surface area contributed by atoms with Crippen LogP contribution < -0.4 is 5.32 Å². The van der Waals surface area contributed by atoms with Crippen LogP contribution in [-0.4, -0.2) is 42.4 Å². The number of hydrogen-bond donors (Lipinski definition) is 1. The lowest BCUT2D eigenvalue weighted by atomic mass is 10.2. The molecule has 0 spiro atoms. The highest BCUT2D eigenvalue weighted by Crippen LogP contribution is 2.12. The van der Waals surface area contributed by atoms with Gasteiger partial charge in [-0.25, -0.2) is 4.79 Å². The average Bonchev–Trinajstić information content (AvgIpc) is 2.68. The van der Waals surface area contributed by atoms with Crippen LogP contribution in [0.3, 0.4) is 0 Å². The second kappa shape index (κ2) is 9.36. The number of benzene rings is 2. The van der Waals surface area contributed by atoms with Crippen LogP contribution >= 0.6 is 0 Å². The van der Waals surface area contributed by atoms with E-state index >= 15 is 0 Å². The summed E-state index contributed by atoms with van der Waals surface area (Å²) < 4.78 is 4.97. The molecule has 2 aromatic carbocycles. The van der Waals surface area contributed by atoms with Crippen molar-refractivity contribution in [3.63, 3.8) is 0 Å². The number of carbonyl (C=O) groups excluding carboxylic acids is 3. The summed E-state index contributed by atoms with van der Waals surface area (Å²) in [5, 5.41) is 2.63. The van der Waals surface area contributed by atoms with E-state index < -0.39 is 11.9 Å². The number of nitrogens with one attached hydrogen (secondary N) is 1. The van der Waals surface area contributed by atoms with Crippen molar-refractivity contribution in [3.05, 3.63) is 65.7 Å². The molecule has 2 aromatic rings. The molecule has 6 nitrogen and oxygen atoms in total. The monoisotopic (exact) mass is 354 g/mol. The van der Waals surface area contributed by atoms with Crippen LogP contribution in [-0.2, 0) is 9.53 Å². The van der Waals surface area contributed by atoms with Gasteiger partial charge in [0.1, 0.15) is 0 Å². The van der Waals surface area contributed by atoms with E-state index in [1.807, 2.05) is 13.8 Å². The summed E-state index contributed by atoms with van der Waals surface area (Å²) in [6.07, 6.45) is 0. The van der Waals surface area contributed by atoms with Crippen LogP contribution in [0.4, 0.5) is 5.69 Å². The van der Waals surface area contributed by atoms with E-state index in [1.54, 1.807) is 59.5 Å². The zero-order valence-electron chi connectivity index (χ0n) is 14.9. The highest BCUT2D eigenvalue weighted by atomic mass is 16.5. The van der Waals surface area contributed by atoms with E-state index in [1.165, 1.54) is 0 Å². The van der Waals surface area contributed by atoms with Gasteiger partial charge in [0.05, 0.1) is 5.56 Å². The number of rotatable bonds is 7. The van der Waals surface area contributed by atoms with Crippen LogP contribution in [0, 0.1) is 0 Å². The van der Waals surface area contributed by atoms with Crippen LogP contribution in [0.15, 0.2) is 54.6 Å². The number of anilines is 1. The van der Waals surface area contributed by atoms with Gasteiger partial charge in [0.15, 0.2) is 6.61 Å². The Morgan fingerprint density at radius 1 is 0.885 bits per heavy atom. The molecule has 0 aliphatic rings. The Hall–Kier alpha value is -3.15. The van der Waals surface area contributed by atoms with E-state index in [9.17, 15) is 14.4 Å². The van der Waals surface area contributed by atoms with Gasteiger partial charge in [0.2, 0.25) is 0 Å². The lowest BCUT2D eigenvalue weighted by Gasteiger charge is -2.18. The molecule has 0 bridgehead atoms. The van der Waals surface area contributed by atoms with Crippen molar-refractivity contribution in [2.45, 2.75) is 13.8 Å². The Morgan fingerprint density at radius 3 is 2.08 bits per heavy atom. The minimum atomic E-state index is -0.555. The van der Waals surface area contributed by atoms with Crippen molar-refractivity contribution < 1.29 is 19.1 Å². The van der Waals surface area contributed by atoms with Crippen LogP contribution in [0.1, 0.15) is 34.6 Å². The molecule has 0 saturated carbocycles.